The molecular formula is C20H16N2O6S. The first-order valence-electron chi connectivity index (χ1n) is 8.53. The fourth-order valence-electron chi connectivity index (χ4n) is 2.80. The number of carbonyl (C=O) groups excluding carboxylic acids is 1. The first kappa shape index (κ1) is 18.8. The maximum atomic E-state index is 12.6. The van der Waals surface area contributed by atoms with Gasteiger partial charge in [-0.3, -0.25) is 4.79 Å². The molecule has 0 aliphatic carbocycles. The van der Waals surface area contributed by atoms with E-state index in [9.17, 15) is 13.2 Å². The largest absolute Gasteiger partial charge is 0.461 e. The second-order valence-corrected chi connectivity index (χ2v) is 8.44. The maximum absolute atomic E-state index is 12.6. The molecule has 0 bridgehead atoms. The number of aryl methyl sites for hydroxylation is 1. The summed E-state index contributed by atoms with van der Waals surface area (Å²) in [6.45, 7) is 1.79. The molecule has 1 N–H and O–H groups in total. The van der Waals surface area contributed by atoms with E-state index in [1.165, 1.54) is 24.5 Å². The Kier molecular flexibility index (Phi) is 4.59. The van der Waals surface area contributed by atoms with Crippen LogP contribution in [0.15, 0.2) is 68.6 Å². The lowest BCUT2D eigenvalue weighted by atomic mass is 10.1. The average Bonchev–Trinajstić information content (AvgIpc) is 3.30. The molecule has 148 valence electrons. The summed E-state index contributed by atoms with van der Waals surface area (Å²) in [4.78, 5) is 12.8. The number of amides is 1. The highest BCUT2D eigenvalue weighted by Crippen LogP contribution is 2.34. The van der Waals surface area contributed by atoms with Crippen LogP contribution in [0.1, 0.15) is 16.1 Å². The van der Waals surface area contributed by atoms with Gasteiger partial charge in [0.2, 0.25) is 0 Å². The van der Waals surface area contributed by atoms with Crippen molar-refractivity contribution in [3.05, 3.63) is 66.1 Å². The van der Waals surface area contributed by atoms with Crippen molar-refractivity contribution in [1.82, 2.24) is 5.16 Å². The van der Waals surface area contributed by atoms with E-state index < -0.39 is 15.7 Å². The number of benzene rings is 2. The van der Waals surface area contributed by atoms with E-state index >= 15 is 0 Å². The van der Waals surface area contributed by atoms with Gasteiger partial charge in [-0.2, -0.15) is 0 Å². The Bertz CT molecular complexity index is 1290. The number of aromatic nitrogens is 1. The standard InChI is InChI=1S/C20H16N2O6S/c1-12-9-16-17(27-12)10-13(20(23)21-19-7-8-26-22-19)11-18(16)28-14-3-5-15(6-4-14)29(2,24)25/h3-11H,1-2H3,(H,21,22,23). The fourth-order valence-corrected chi connectivity index (χ4v) is 3.43. The zero-order valence-corrected chi connectivity index (χ0v) is 16.3. The van der Waals surface area contributed by atoms with Gasteiger partial charge in [0.1, 0.15) is 29.1 Å². The number of rotatable bonds is 5. The van der Waals surface area contributed by atoms with Crippen LogP contribution in [0.4, 0.5) is 5.82 Å². The van der Waals surface area contributed by atoms with Gasteiger partial charge >= 0.3 is 0 Å². The number of furan rings is 1. The minimum Gasteiger partial charge on any atom is -0.461 e. The molecule has 2 aromatic carbocycles. The summed E-state index contributed by atoms with van der Waals surface area (Å²) in [7, 11) is -3.30. The number of nitrogens with zero attached hydrogens (tertiary/aromatic N) is 1. The summed E-state index contributed by atoms with van der Waals surface area (Å²) in [5, 5.41) is 6.96. The fraction of sp³-hybridized carbons (Fsp3) is 0.100. The van der Waals surface area contributed by atoms with Crippen LogP contribution in [-0.2, 0) is 9.84 Å². The topological polar surface area (TPSA) is 112 Å². The lowest BCUT2D eigenvalue weighted by Gasteiger charge is -2.09. The first-order chi connectivity index (χ1) is 13.8. The third kappa shape index (κ3) is 3.99. The van der Waals surface area contributed by atoms with Crippen LogP contribution in [0.3, 0.4) is 0 Å². The Balaban J connectivity index is 1.70. The summed E-state index contributed by atoms with van der Waals surface area (Å²) in [6, 6.07) is 12.5. The molecule has 29 heavy (non-hydrogen) atoms. The Hall–Kier alpha value is -3.59. The second kappa shape index (κ2) is 7.10. The zero-order valence-electron chi connectivity index (χ0n) is 15.5. The van der Waals surface area contributed by atoms with Gasteiger partial charge in [-0.25, -0.2) is 8.42 Å². The minimum atomic E-state index is -3.30. The molecule has 4 aromatic rings. The maximum Gasteiger partial charge on any atom is 0.257 e. The Labute approximate surface area is 166 Å². The van der Waals surface area contributed by atoms with Gasteiger partial charge in [0, 0.05) is 17.9 Å². The van der Waals surface area contributed by atoms with Gasteiger partial charge in [0.05, 0.1) is 10.3 Å². The number of nitrogens with one attached hydrogen (secondary N) is 1. The monoisotopic (exact) mass is 412 g/mol. The number of ether oxygens (including phenoxy) is 1. The lowest BCUT2D eigenvalue weighted by molar-refractivity contribution is 0.102. The van der Waals surface area contributed by atoms with Crippen molar-refractivity contribution >= 4 is 32.5 Å². The van der Waals surface area contributed by atoms with Gasteiger partial charge in [0.15, 0.2) is 15.7 Å². The summed E-state index contributed by atoms with van der Waals surface area (Å²) in [5.41, 5.74) is 0.788. The molecule has 1 amide bonds. The van der Waals surface area contributed by atoms with Gasteiger partial charge < -0.3 is 19.0 Å². The quantitative estimate of drug-likeness (QED) is 0.523. The van der Waals surface area contributed by atoms with Crippen molar-refractivity contribution in [3.63, 3.8) is 0 Å². The minimum absolute atomic E-state index is 0.190. The summed E-state index contributed by atoms with van der Waals surface area (Å²) in [5.74, 6) is 1.35. The molecule has 4 rings (SSSR count). The second-order valence-electron chi connectivity index (χ2n) is 6.43. The van der Waals surface area contributed by atoms with E-state index in [0.717, 1.165) is 6.26 Å². The molecule has 0 aliphatic heterocycles. The molecule has 9 heteroatoms. The number of fused-ring (bicyclic) bond motifs is 1. The molecule has 0 unspecified atom stereocenters. The van der Waals surface area contributed by atoms with E-state index in [4.69, 9.17) is 13.7 Å². The molecule has 0 spiro atoms. The van der Waals surface area contributed by atoms with E-state index in [1.54, 1.807) is 37.3 Å². The smallest absolute Gasteiger partial charge is 0.257 e. The van der Waals surface area contributed by atoms with Gasteiger partial charge in [-0.1, -0.05) is 5.16 Å². The van der Waals surface area contributed by atoms with Crippen molar-refractivity contribution in [2.45, 2.75) is 11.8 Å². The van der Waals surface area contributed by atoms with E-state index in [0.29, 0.717) is 33.8 Å². The van der Waals surface area contributed by atoms with Crippen molar-refractivity contribution in [3.8, 4) is 11.5 Å². The van der Waals surface area contributed by atoms with Crippen LogP contribution in [0.2, 0.25) is 0 Å². The predicted molar refractivity (Wildman–Crippen MR) is 105 cm³/mol. The summed E-state index contributed by atoms with van der Waals surface area (Å²) < 4.78 is 39.5. The number of carbonyl (C=O) groups is 1. The molecule has 8 nitrogen and oxygen atoms in total. The molecular weight excluding hydrogens is 396 g/mol. The molecule has 0 aliphatic rings. The third-order valence-electron chi connectivity index (χ3n) is 4.14. The normalized spacial score (nSPS) is 11.5. The van der Waals surface area contributed by atoms with Gasteiger partial charge in [-0.15, -0.1) is 0 Å². The van der Waals surface area contributed by atoms with E-state index in [2.05, 4.69) is 10.5 Å². The molecule has 2 aromatic heterocycles. The van der Waals surface area contributed by atoms with Crippen molar-refractivity contribution in [2.24, 2.45) is 0 Å². The number of hydrogen-bond donors (Lipinski definition) is 1. The number of sulfone groups is 1. The predicted octanol–water partition coefficient (Wildman–Crippen LogP) is 4.18. The van der Waals surface area contributed by atoms with Crippen molar-refractivity contribution < 1.29 is 26.9 Å². The first-order valence-corrected chi connectivity index (χ1v) is 10.4. The van der Waals surface area contributed by atoms with Crippen LogP contribution in [-0.4, -0.2) is 25.7 Å². The average molecular weight is 412 g/mol. The van der Waals surface area contributed by atoms with Crippen LogP contribution >= 0.6 is 0 Å². The Morgan fingerprint density at radius 2 is 1.86 bits per heavy atom. The molecule has 0 radical (unpaired) electrons. The molecule has 0 atom stereocenters. The van der Waals surface area contributed by atoms with Crippen LogP contribution in [0.25, 0.3) is 11.0 Å². The zero-order chi connectivity index (χ0) is 20.6. The highest BCUT2D eigenvalue weighted by Gasteiger charge is 2.16. The van der Waals surface area contributed by atoms with Gasteiger partial charge in [0.25, 0.3) is 5.91 Å². The molecule has 0 fully saturated rings. The number of hydrogen-bond acceptors (Lipinski definition) is 7. The summed E-state index contributed by atoms with van der Waals surface area (Å²) in [6.07, 6.45) is 2.49. The van der Waals surface area contributed by atoms with Crippen LogP contribution in [0.5, 0.6) is 11.5 Å². The summed E-state index contributed by atoms with van der Waals surface area (Å²) >= 11 is 0. The van der Waals surface area contributed by atoms with Crippen molar-refractivity contribution in [2.75, 3.05) is 11.6 Å². The van der Waals surface area contributed by atoms with Gasteiger partial charge in [-0.05, 0) is 49.4 Å². The van der Waals surface area contributed by atoms with Crippen LogP contribution < -0.4 is 10.1 Å². The van der Waals surface area contributed by atoms with E-state index in [1.807, 2.05) is 0 Å². The Morgan fingerprint density at radius 1 is 1.10 bits per heavy atom. The molecule has 0 saturated heterocycles. The highest BCUT2D eigenvalue weighted by molar-refractivity contribution is 7.90. The van der Waals surface area contributed by atoms with Crippen LogP contribution in [0, 0.1) is 6.92 Å². The van der Waals surface area contributed by atoms with Crippen molar-refractivity contribution in [1.29, 1.82) is 0 Å². The van der Waals surface area contributed by atoms with E-state index in [-0.39, 0.29) is 10.7 Å². The Morgan fingerprint density at radius 3 is 2.52 bits per heavy atom. The highest BCUT2D eigenvalue weighted by atomic mass is 32.2. The SMILES string of the molecule is Cc1cc2c(Oc3ccc(S(C)(=O)=O)cc3)cc(C(=O)Nc3ccon3)cc2o1. The lowest BCUT2D eigenvalue weighted by Crippen LogP contribution is -2.12. The molecule has 0 saturated carbocycles. The third-order valence-corrected chi connectivity index (χ3v) is 5.27. The molecule has 2 heterocycles. The number of anilines is 1.